The Hall–Kier alpha value is -5.60. The molecular formula is C42H30N2. The first kappa shape index (κ1) is 24.9. The lowest BCUT2D eigenvalue weighted by atomic mass is 9.85. The lowest BCUT2D eigenvalue weighted by Crippen LogP contribution is -2.46. The van der Waals surface area contributed by atoms with Crippen molar-refractivity contribution in [3.8, 4) is 22.3 Å². The predicted octanol–water partition coefficient (Wildman–Crippen LogP) is 10.5. The maximum atomic E-state index is 2.59. The van der Waals surface area contributed by atoms with Crippen molar-refractivity contribution in [1.82, 2.24) is 0 Å². The molecular weight excluding hydrogens is 532 g/mol. The van der Waals surface area contributed by atoms with Crippen LogP contribution in [-0.2, 0) is 0 Å². The van der Waals surface area contributed by atoms with Crippen molar-refractivity contribution in [2.75, 3.05) is 9.80 Å². The van der Waals surface area contributed by atoms with E-state index in [1.54, 1.807) is 0 Å². The van der Waals surface area contributed by atoms with Gasteiger partial charge in [-0.15, -0.1) is 0 Å². The van der Waals surface area contributed by atoms with Crippen LogP contribution >= 0.6 is 0 Å². The summed E-state index contributed by atoms with van der Waals surface area (Å²) < 4.78 is 0. The van der Waals surface area contributed by atoms with Gasteiger partial charge in [-0.05, 0) is 69.8 Å². The zero-order chi connectivity index (χ0) is 29.0. The van der Waals surface area contributed by atoms with E-state index in [9.17, 15) is 0 Å². The fraction of sp³-hybridized carbons (Fsp3) is 0.0476. The summed E-state index contributed by atoms with van der Waals surface area (Å²) in [6.45, 7) is 0. The molecule has 0 aromatic heterocycles. The molecule has 2 heteroatoms. The Morgan fingerprint density at radius 1 is 0.341 bits per heavy atom. The lowest BCUT2D eigenvalue weighted by molar-refractivity contribution is 0.718. The number of benzene rings is 6. The summed E-state index contributed by atoms with van der Waals surface area (Å²) >= 11 is 0. The first-order valence-corrected chi connectivity index (χ1v) is 15.4. The third kappa shape index (κ3) is 3.81. The van der Waals surface area contributed by atoms with Gasteiger partial charge in [-0.1, -0.05) is 133 Å². The Kier molecular flexibility index (Phi) is 5.67. The first-order valence-electron chi connectivity index (χ1n) is 15.4. The maximum Gasteiger partial charge on any atom is 0.0847 e. The van der Waals surface area contributed by atoms with Crippen molar-refractivity contribution < 1.29 is 0 Å². The highest BCUT2D eigenvalue weighted by atomic mass is 15.3. The van der Waals surface area contributed by atoms with E-state index in [1.165, 1.54) is 67.3 Å². The van der Waals surface area contributed by atoms with Crippen LogP contribution in [0, 0.1) is 0 Å². The highest BCUT2D eigenvalue weighted by Crippen LogP contribution is 2.56. The Morgan fingerprint density at radius 2 is 0.727 bits per heavy atom. The van der Waals surface area contributed by atoms with E-state index >= 15 is 0 Å². The Labute approximate surface area is 258 Å². The molecule has 9 rings (SSSR count). The zero-order valence-electron chi connectivity index (χ0n) is 24.2. The van der Waals surface area contributed by atoms with Gasteiger partial charge in [0.15, 0.2) is 0 Å². The standard InChI is InChI=1S/C42H30N2/c1-3-13-29(14-4-1)31-17-11-19-33(27-31)43-39-23-9-7-21-35(39)37-25-26-38-36-22-8-10-24-40(36)44(42(38)41(37)43)34-20-12-18-32(28-34)30-15-5-2-6-16-30/h1-28,41-42H. The van der Waals surface area contributed by atoms with E-state index in [1.807, 2.05) is 0 Å². The Balaban J connectivity index is 1.23. The summed E-state index contributed by atoms with van der Waals surface area (Å²) in [7, 11) is 0. The van der Waals surface area contributed by atoms with E-state index in [4.69, 9.17) is 0 Å². The molecule has 2 atom stereocenters. The molecule has 0 amide bonds. The molecule has 3 aliphatic rings. The second kappa shape index (κ2) is 10.00. The van der Waals surface area contributed by atoms with Crippen molar-refractivity contribution in [2.24, 2.45) is 0 Å². The number of para-hydroxylation sites is 2. The predicted molar refractivity (Wildman–Crippen MR) is 184 cm³/mol. The summed E-state index contributed by atoms with van der Waals surface area (Å²) in [6.07, 6.45) is 4.74. The van der Waals surface area contributed by atoms with Crippen molar-refractivity contribution in [3.63, 3.8) is 0 Å². The van der Waals surface area contributed by atoms with Crippen molar-refractivity contribution >= 4 is 33.9 Å². The van der Waals surface area contributed by atoms with Crippen molar-refractivity contribution in [3.05, 3.63) is 181 Å². The van der Waals surface area contributed by atoms with Gasteiger partial charge >= 0.3 is 0 Å². The van der Waals surface area contributed by atoms with Gasteiger partial charge in [-0.25, -0.2) is 0 Å². The topological polar surface area (TPSA) is 6.48 Å². The highest BCUT2D eigenvalue weighted by Gasteiger charge is 2.49. The fourth-order valence-corrected chi connectivity index (χ4v) is 7.46. The van der Waals surface area contributed by atoms with Crippen LogP contribution in [0.4, 0.5) is 22.7 Å². The number of fused-ring (bicyclic) bond motifs is 7. The van der Waals surface area contributed by atoms with E-state index in [2.05, 4.69) is 180 Å². The monoisotopic (exact) mass is 562 g/mol. The molecule has 44 heavy (non-hydrogen) atoms. The zero-order valence-corrected chi connectivity index (χ0v) is 24.2. The average molecular weight is 563 g/mol. The third-order valence-electron chi connectivity index (χ3n) is 9.35. The van der Waals surface area contributed by atoms with Crippen LogP contribution in [0.1, 0.15) is 11.1 Å². The number of rotatable bonds is 4. The van der Waals surface area contributed by atoms with E-state index in [0.717, 1.165) is 0 Å². The molecule has 6 aromatic carbocycles. The summed E-state index contributed by atoms with van der Waals surface area (Å²) in [4.78, 5) is 5.18. The summed E-state index contributed by atoms with van der Waals surface area (Å²) in [5, 5.41) is 0. The van der Waals surface area contributed by atoms with Crippen LogP contribution in [-0.4, -0.2) is 12.1 Å². The quantitative estimate of drug-likeness (QED) is 0.211. The molecule has 0 saturated carbocycles. The molecule has 0 spiro atoms. The van der Waals surface area contributed by atoms with Gasteiger partial charge in [0.05, 0.1) is 12.1 Å². The molecule has 1 aliphatic carbocycles. The molecule has 2 heterocycles. The number of anilines is 4. The van der Waals surface area contributed by atoms with Crippen LogP contribution in [0.5, 0.6) is 0 Å². The van der Waals surface area contributed by atoms with Crippen LogP contribution < -0.4 is 9.80 Å². The van der Waals surface area contributed by atoms with E-state index in [0.29, 0.717) is 0 Å². The molecule has 0 radical (unpaired) electrons. The van der Waals surface area contributed by atoms with Crippen LogP contribution in [0.3, 0.4) is 0 Å². The summed E-state index contributed by atoms with van der Waals surface area (Å²) in [5.41, 5.74) is 15.2. The minimum Gasteiger partial charge on any atom is -0.331 e. The Morgan fingerprint density at radius 3 is 1.18 bits per heavy atom. The van der Waals surface area contributed by atoms with Gasteiger partial charge in [0.25, 0.3) is 0 Å². The van der Waals surface area contributed by atoms with Crippen molar-refractivity contribution in [1.29, 1.82) is 0 Å². The van der Waals surface area contributed by atoms with Gasteiger partial charge in [0.1, 0.15) is 0 Å². The second-order valence-corrected chi connectivity index (χ2v) is 11.7. The molecule has 0 N–H and O–H groups in total. The molecule has 0 bridgehead atoms. The van der Waals surface area contributed by atoms with Crippen LogP contribution in [0.2, 0.25) is 0 Å². The van der Waals surface area contributed by atoms with E-state index in [-0.39, 0.29) is 12.1 Å². The fourth-order valence-electron chi connectivity index (χ4n) is 7.46. The number of allylic oxidation sites excluding steroid dienone is 2. The third-order valence-corrected chi connectivity index (χ3v) is 9.35. The van der Waals surface area contributed by atoms with Crippen LogP contribution in [0.15, 0.2) is 170 Å². The second-order valence-electron chi connectivity index (χ2n) is 11.7. The molecule has 0 saturated heterocycles. The van der Waals surface area contributed by atoms with Gasteiger partial charge in [-0.3, -0.25) is 0 Å². The molecule has 2 nitrogen and oxygen atoms in total. The highest BCUT2D eigenvalue weighted by molar-refractivity contribution is 6.04. The Bertz CT molecular complexity index is 1940. The average Bonchev–Trinajstić information content (AvgIpc) is 3.62. The number of hydrogen-bond acceptors (Lipinski definition) is 2. The van der Waals surface area contributed by atoms with Crippen molar-refractivity contribution in [2.45, 2.75) is 12.1 Å². The number of nitrogens with zero attached hydrogens (tertiary/aromatic N) is 2. The molecule has 2 aliphatic heterocycles. The SMILES string of the molecule is C1=C2c3ccccc3N(c3cccc(-c4ccccc4)c3)C2C2C(=C1)c1ccccc1N2c1cccc(-c2ccccc2)c1. The van der Waals surface area contributed by atoms with Crippen LogP contribution in [0.25, 0.3) is 33.4 Å². The molecule has 0 fully saturated rings. The molecule has 2 unspecified atom stereocenters. The smallest absolute Gasteiger partial charge is 0.0847 e. The van der Waals surface area contributed by atoms with Gasteiger partial charge < -0.3 is 9.80 Å². The van der Waals surface area contributed by atoms with Gasteiger partial charge in [0.2, 0.25) is 0 Å². The molecule has 6 aromatic rings. The van der Waals surface area contributed by atoms with E-state index < -0.39 is 0 Å². The normalized spacial score (nSPS) is 17.7. The minimum atomic E-state index is 0.103. The summed E-state index contributed by atoms with van der Waals surface area (Å²) in [5.74, 6) is 0. The maximum absolute atomic E-state index is 2.59. The first-order chi connectivity index (χ1) is 21.8. The number of hydrogen-bond donors (Lipinski definition) is 0. The van der Waals surface area contributed by atoms with Gasteiger partial charge in [0, 0.05) is 33.9 Å². The summed E-state index contributed by atoms with van der Waals surface area (Å²) in [6, 6.07) is 57.5. The largest absolute Gasteiger partial charge is 0.331 e. The van der Waals surface area contributed by atoms with Gasteiger partial charge in [-0.2, -0.15) is 0 Å². The lowest BCUT2D eigenvalue weighted by Gasteiger charge is -2.40. The molecule has 208 valence electrons. The minimum absolute atomic E-state index is 0.103.